The molecule has 0 aliphatic carbocycles. The van der Waals surface area contributed by atoms with Crippen LogP contribution in [0.15, 0.2) is 48.5 Å². The van der Waals surface area contributed by atoms with Gasteiger partial charge in [0.25, 0.3) is 0 Å². The molecule has 21 heavy (non-hydrogen) atoms. The van der Waals surface area contributed by atoms with Gasteiger partial charge in [-0.25, -0.2) is 0 Å². The van der Waals surface area contributed by atoms with Crippen LogP contribution in [-0.4, -0.2) is 11.5 Å². The average Bonchev–Trinajstić information content (AvgIpc) is 2.77. The van der Waals surface area contributed by atoms with Crippen molar-refractivity contribution in [2.24, 2.45) is 5.73 Å². The average molecular weight is 303 g/mol. The van der Waals surface area contributed by atoms with Gasteiger partial charge in [-0.1, -0.05) is 18.2 Å². The lowest BCUT2D eigenvalue weighted by Gasteiger charge is -2.06. The van der Waals surface area contributed by atoms with E-state index in [-0.39, 0.29) is 12.4 Å². The van der Waals surface area contributed by atoms with Crippen LogP contribution in [0.4, 0.5) is 0 Å². The molecule has 4 heteroatoms. The minimum atomic E-state index is 0. The number of H-pyrrole nitrogens is 1. The predicted octanol–water partition coefficient (Wildman–Crippen LogP) is 4.19. The van der Waals surface area contributed by atoms with Crippen LogP contribution in [0.3, 0.4) is 0 Å². The molecule has 0 aliphatic rings. The molecule has 0 amide bonds. The molecule has 0 spiro atoms. The number of para-hydroxylation sites is 1. The van der Waals surface area contributed by atoms with Crippen LogP contribution in [0.1, 0.15) is 11.3 Å². The monoisotopic (exact) mass is 302 g/mol. The third kappa shape index (κ3) is 3.20. The summed E-state index contributed by atoms with van der Waals surface area (Å²) in [6.07, 6.45) is 0.876. The molecule has 0 saturated carbocycles. The van der Waals surface area contributed by atoms with Gasteiger partial charge < -0.3 is 15.5 Å². The zero-order chi connectivity index (χ0) is 13.9. The van der Waals surface area contributed by atoms with Crippen molar-refractivity contribution in [3.8, 4) is 11.5 Å². The van der Waals surface area contributed by atoms with Crippen molar-refractivity contribution in [2.45, 2.75) is 13.3 Å². The van der Waals surface area contributed by atoms with Crippen LogP contribution < -0.4 is 10.5 Å². The molecule has 110 valence electrons. The van der Waals surface area contributed by atoms with Crippen LogP contribution in [0.2, 0.25) is 0 Å². The quantitative estimate of drug-likeness (QED) is 0.759. The molecule has 1 aromatic heterocycles. The number of aryl methyl sites for hydroxylation is 1. The molecule has 3 nitrogen and oxygen atoms in total. The third-order valence-electron chi connectivity index (χ3n) is 3.46. The van der Waals surface area contributed by atoms with Crippen LogP contribution in [0.25, 0.3) is 10.9 Å². The molecule has 0 fully saturated rings. The Morgan fingerprint density at radius 3 is 2.52 bits per heavy atom. The van der Waals surface area contributed by atoms with E-state index in [2.05, 4.69) is 24.0 Å². The van der Waals surface area contributed by atoms with E-state index in [9.17, 15) is 0 Å². The van der Waals surface area contributed by atoms with Gasteiger partial charge in [0.1, 0.15) is 11.5 Å². The van der Waals surface area contributed by atoms with E-state index in [1.807, 2.05) is 36.4 Å². The van der Waals surface area contributed by atoms with Crippen molar-refractivity contribution in [3.63, 3.8) is 0 Å². The second-order valence-electron chi connectivity index (χ2n) is 4.89. The highest BCUT2D eigenvalue weighted by Crippen LogP contribution is 2.29. The fourth-order valence-corrected chi connectivity index (χ4v) is 2.52. The molecule has 0 aliphatic heterocycles. The number of aromatic amines is 1. The molecule has 3 rings (SSSR count). The minimum absolute atomic E-state index is 0. The van der Waals surface area contributed by atoms with Crippen LogP contribution in [0.5, 0.6) is 11.5 Å². The van der Waals surface area contributed by atoms with Crippen molar-refractivity contribution in [2.75, 3.05) is 6.54 Å². The topological polar surface area (TPSA) is 51.0 Å². The largest absolute Gasteiger partial charge is 0.457 e. The number of ether oxygens (including phenoxy) is 1. The van der Waals surface area contributed by atoms with E-state index in [1.54, 1.807) is 0 Å². The predicted molar refractivity (Wildman–Crippen MR) is 89.6 cm³/mol. The van der Waals surface area contributed by atoms with Crippen molar-refractivity contribution in [1.82, 2.24) is 4.98 Å². The van der Waals surface area contributed by atoms with E-state index in [0.717, 1.165) is 23.4 Å². The number of rotatable bonds is 4. The lowest BCUT2D eigenvalue weighted by atomic mass is 10.1. The summed E-state index contributed by atoms with van der Waals surface area (Å²) in [5.74, 6) is 1.69. The zero-order valence-corrected chi connectivity index (χ0v) is 12.7. The second kappa shape index (κ2) is 6.66. The van der Waals surface area contributed by atoms with E-state index in [1.165, 1.54) is 16.6 Å². The summed E-state index contributed by atoms with van der Waals surface area (Å²) >= 11 is 0. The molecule has 3 aromatic rings. The van der Waals surface area contributed by atoms with E-state index < -0.39 is 0 Å². The number of nitrogens with two attached hydrogens (primary N) is 1. The molecule has 0 saturated heterocycles. The molecule has 1 heterocycles. The summed E-state index contributed by atoms with van der Waals surface area (Å²) < 4.78 is 5.88. The Balaban J connectivity index is 0.00000161. The number of fused-ring (bicyclic) bond motifs is 1. The number of aromatic nitrogens is 1. The van der Waals surface area contributed by atoms with Gasteiger partial charge >= 0.3 is 0 Å². The van der Waals surface area contributed by atoms with Gasteiger partial charge in [-0.2, -0.15) is 0 Å². The molecule has 0 unspecified atom stereocenters. The Bertz CT molecular complexity index is 722. The molecular weight excluding hydrogens is 284 g/mol. The number of benzene rings is 2. The van der Waals surface area contributed by atoms with E-state index in [4.69, 9.17) is 10.5 Å². The summed E-state index contributed by atoms with van der Waals surface area (Å²) in [6.45, 7) is 2.74. The van der Waals surface area contributed by atoms with E-state index >= 15 is 0 Å². The SMILES string of the molecule is Cc1[nH]c2ccc(Oc3ccccc3)cc2c1CCN.Cl. The van der Waals surface area contributed by atoms with Gasteiger partial charge in [-0.3, -0.25) is 0 Å². The Kier molecular flexibility index (Phi) is 4.89. The number of hydrogen-bond acceptors (Lipinski definition) is 2. The van der Waals surface area contributed by atoms with Gasteiger partial charge in [-0.15, -0.1) is 12.4 Å². The lowest BCUT2D eigenvalue weighted by Crippen LogP contribution is -2.03. The summed E-state index contributed by atoms with van der Waals surface area (Å²) in [6, 6.07) is 15.9. The Labute approximate surface area is 130 Å². The molecule has 3 N–H and O–H groups in total. The van der Waals surface area contributed by atoms with E-state index in [0.29, 0.717) is 6.54 Å². The van der Waals surface area contributed by atoms with Crippen molar-refractivity contribution < 1.29 is 4.74 Å². The molecule has 0 atom stereocenters. The molecule has 2 aromatic carbocycles. The van der Waals surface area contributed by atoms with Crippen LogP contribution in [-0.2, 0) is 6.42 Å². The number of nitrogens with one attached hydrogen (secondary N) is 1. The van der Waals surface area contributed by atoms with Crippen molar-refractivity contribution >= 4 is 23.3 Å². The normalized spacial score (nSPS) is 10.4. The summed E-state index contributed by atoms with van der Waals surface area (Å²) in [7, 11) is 0. The zero-order valence-electron chi connectivity index (χ0n) is 11.9. The summed E-state index contributed by atoms with van der Waals surface area (Å²) in [5.41, 5.74) is 9.29. The number of halogens is 1. The van der Waals surface area contributed by atoms with Gasteiger partial charge in [-0.05, 0) is 55.8 Å². The highest BCUT2D eigenvalue weighted by atomic mass is 35.5. The standard InChI is InChI=1S/C17H18N2O.ClH/c1-12-15(9-10-18)16-11-14(7-8-17(16)19-12)20-13-5-3-2-4-6-13;/h2-8,11,19H,9-10,18H2,1H3;1H. The molecular formula is C17H19ClN2O. The van der Waals surface area contributed by atoms with Crippen LogP contribution >= 0.6 is 12.4 Å². The first-order chi connectivity index (χ1) is 9.78. The smallest absolute Gasteiger partial charge is 0.128 e. The maximum absolute atomic E-state index is 5.88. The second-order valence-corrected chi connectivity index (χ2v) is 4.89. The fourth-order valence-electron chi connectivity index (χ4n) is 2.52. The minimum Gasteiger partial charge on any atom is -0.457 e. The Hall–Kier alpha value is -1.97. The number of hydrogen-bond donors (Lipinski definition) is 2. The molecule has 0 bridgehead atoms. The highest BCUT2D eigenvalue weighted by molar-refractivity contribution is 5.86. The van der Waals surface area contributed by atoms with Crippen molar-refractivity contribution in [3.05, 3.63) is 59.8 Å². The maximum atomic E-state index is 5.88. The fraction of sp³-hybridized carbons (Fsp3) is 0.176. The van der Waals surface area contributed by atoms with Crippen LogP contribution in [0, 0.1) is 6.92 Å². The summed E-state index contributed by atoms with van der Waals surface area (Å²) in [5, 5.41) is 1.20. The van der Waals surface area contributed by atoms with Gasteiger partial charge in [0.05, 0.1) is 0 Å². The first-order valence-electron chi connectivity index (χ1n) is 6.82. The molecule has 0 radical (unpaired) electrons. The van der Waals surface area contributed by atoms with Gasteiger partial charge in [0.15, 0.2) is 0 Å². The summed E-state index contributed by atoms with van der Waals surface area (Å²) in [4.78, 5) is 3.39. The third-order valence-corrected chi connectivity index (χ3v) is 3.46. The first-order valence-corrected chi connectivity index (χ1v) is 6.82. The van der Waals surface area contributed by atoms with Gasteiger partial charge in [0.2, 0.25) is 0 Å². The highest BCUT2D eigenvalue weighted by Gasteiger charge is 2.09. The Morgan fingerprint density at radius 2 is 1.81 bits per heavy atom. The van der Waals surface area contributed by atoms with Gasteiger partial charge in [0, 0.05) is 16.6 Å². The van der Waals surface area contributed by atoms with Crippen molar-refractivity contribution in [1.29, 1.82) is 0 Å². The first kappa shape index (κ1) is 15.4. The lowest BCUT2D eigenvalue weighted by molar-refractivity contribution is 0.483. The maximum Gasteiger partial charge on any atom is 0.128 e. The Morgan fingerprint density at radius 1 is 1.05 bits per heavy atom.